The number of carboxylic acids is 1. The number of benzene rings is 1. The number of rotatable bonds is 2. The van der Waals surface area contributed by atoms with E-state index in [0.29, 0.717) is 10.7 Å². The van der Waals surface area contributed by atoms with Gasteiger partial charge in [-0.25, -0.2) is 0 Å². The summed E-state index contributed by atoms with van der Waals surface area (Å²) in [5.74, 6) is -1.11. The van der Waals surface area contributed by atoms with E-state index in [1.807, 2.05) is 24.3 Å². The molecule has 2 aromatic rings. The van der Waals surface area contributed by atoms with Crippen molar-refractivity contribution in [2.45, 2.75) is 6.04 Å². The van der Waals surface area contributed by atoms with Crippen LogP contribution < -0.4 is 5.73 Å². The van der Waals surface area contributed by atoms with Crippen molar-refractivity contribution in [1.29, 1.82) is 0 Å². The minimum absolute atomic E-state index is 0.338. The third-order valence-corrected chi connectivity index (χ3v) is 2.65. The van der Waals surface area contributed by atoms with Gasteiger partial charge in [0.25, 0.3) is 0 Å². The van der Waals surface area contributed by atoms with E-state index >= 15 is 0 Å². The first kappa shape index (κ1) is 10.0. The van der Waals surface area contributed by atoms with Crippen LogP contribution in [0.15, 0.2) is 24.3 Å². The van der Waals surface area contributed by atoms with Crippen molar-refractivity contribution in [3.05, 3.63) is 35.0 Å². The molecule has 0 aliphatic carbocycles. The van der Waals surface area contributed by atoms with Crippen molar-refractivity contribution in [2.75, 3.05) is 0 Å². The van der Waals surface area contributed by atoms with E-state index in [2.05, 4.69) is 4.98 Å². The minimum atomic E-state index is -1.12. The second-order valence-electron chi connectivity index (χ2n) is 3.21. The normalized spacial score (nSPS) is 12.9. The first-order valence-corrected chi connectivity index (χ1v) is 4.73. The maximum Gasteiger partial charge on any atom is 0.326 e. The summed E-state index contributed by atoms with van der Waals surface area (Å²) in [4.78, 5) is 13.6. The molecule has 4 nitrogen and oxygen atoms in total. The lowest BCUT2D eigenvalue weighted by Crippen LogP contribution is -2.21. The molecule has 0 amide bonds. The third kappa shape index (κ3) is 1.58. The van der Waals surface area contributed by atoms with E-state index in [1.54, 1.807) is 0 Å². The lowest BCUT2D eigenvalue weighted by atomic mass is 10.2. The van der Waals surface area contributed by atoms with E-state index in [9.17, 15) is 4.79 Å². The number of H-pyrrole nitrogens is 1. The number of aromatic nitrogens is 1. The highest BCUT2D eigenvalue weighted by molar-refractivity contribution is 6.36. The number of nitrogens with two attached hydrogens (primary N) is 1. The second kappa shape index (κ2) is 3.56. The number of fused-ring (bicyclic) bond motifs is 1. The Morgan fingerprint density at radius 3 is 2.73 bits per heavy atom. The molecule has 0 aliphatic heterocycles. The highest BCUT2D eigenvalue weighted by Crippen LogP contribution is 2.30. The number of aromatic amines is 1. The van der Waals surface area contributed by atoms with E-state index in [4.69, 9.17) is 22.4 Å². The predicted octanol–water partition coefficient (Wildman–Crippen LogP) is 1.91. The molecule has 0 bridgehead atoms. The van der Waals surface area contributed by atoms with Gasteiger partial charge in [0.15, 0.2) is 0 Å². The summed E-state index contributed by atoms with van der Waals surface area (Å²) in [7, 11) is 0. The van der Waals surface area contributed by atoms with Crippen molar-refractivity contribution in [1.82, 2.24) is 4.98 Å². The van der Waals surface area contributed by atoms with E-state index in [-0.39, 0.29) is 0 Å². The lowest BCUT2D eigenvalue weighted by molar-refractivity contribution is -0.138. The maximum absolute atomic E-state index is 10.7. The van der Waals surface area contributed by atoms with Crippen LogP contribution in [0.1, 0.15) is 11.7 Å². The number of hydrogen-bond donors (Lipinski definition) is 3. The highest BCUT2D eigenvalue weighted by atomic mass is 35.5. The number of halogens is 1. The van der Waals surface area contributed by atoms with E-state index in [1.165, 1.54) is 0 Å². The summed E-state index contributed by atoms with van der Waals surface area (Å²) >= 11 is 6.02. The first-order valence-electron chi connectivity index (χ1n) is 4.35. The van der Waals surface area contributed by atoms with Gasteiger partial charge in [-0.05, 0) is 6.07 Å². The van der Waals surface area contributed by atoms with Crippen molar-refractivity contribution in [3.8, 4) is 0 Å². The van der Waals surface area contributed by atoms with Gasteiger partial charge in [-0.2, -0.15) is 0 Å². The fraction of sp³-hybridized carbons (Fsp3) is 0.100. The van der Waals surface area contributed by atoms with E-state index < -0.39 is 12.0 Å². The van der Waals surface area contributed by atoms with Gasteiger partial charge in [0.2, 0.25) is 0 Å². The lowest BCUT2D eigenvalue weighted by Gasteiger charge is -2.03. The summed E-state index contributed by atoms with van der Waals surface area (Å²) in [5, 5.41) is 9.94. The van der Waals surface area contributed by atoms with Gasteiger partial charge in [-0.3, -0.25) is 4.79 Å². The monoisotopic (exact) mass is 224 g/mol. The molecular weight excluding hydrogens is 216 g/mol. The van der Waals surface area contributed by atoms with Crippen LogP contribution in [-0.4, -0.2) is 16.1 Å². The molecule has 0 aliphatic rings. The number of nitrogens with one attached hydrogen (secondary N) is 1. The van der Waals surface area contributed by atoms with Crippen LogP contribution in [0.3, 0.4) is 0 Å². The Morgan fingerprint density at radius 2 is 2.13 bits per heavy atom. The van der Waals surface area contributed by atoms with Gasteiger partial charge in [0.1, 0.15) is 6.04 Å². The van der Waals surface area contributed by atoms with Gasteiger partial charge >= 0.3 is 5.97 Å². The van der Waals surface area contributed by atoms with Crippen LogP contribution in [0.5, 0.6) is 0 Å². The van der Waals surface area contributed by atoms with Crippen LogP contribution in [-0.2, 0) is 4.79 Å². The fourth-order valence-corrected chi connectivity index (χ4v) is 1.80. The molecule has 1 aromatic heterocycles. The van der Waals surface area contributed by atoms with Crippen LogP contribution in [0.25, 0.3) is 10.9 Å². The zero-order valence-electron chi connectivity index (χ0n) is 7.70. The van der Waals surface area contributed by atoms with Crippen LogP contribution in [0.4, 0.5) is 0 Å². The number of carbonyl (C=O) groups is 1. The SMILES string of the molecule is NC(C(=O)O)c1[nH]c2ccccc2c1Cl. The number of carboxylic acid groups (broad SMARTS) is 1. The highest BCUT2D eigenvalue weighted by Gasteiger charge is 2.20. The number of aliphatic carboxylic acids is 1. The second-order valence-corrected chi connectivity index (χ2v) is 3.59. The third-order valence-electron chi connectivity index (χ3n) is 2.25. The fourth-order valence-electron chi connectivity index (χ4n) is 1.47. The average molecular weight is 225 g/mol. The standard InChI is InChI=1S/C10H9ClN2O2/c11-7-5-3-1-2-4-6(5)13-9(7)8(12)10(14)15/h1-4,8,13H,12H2,(H,14,15). The van der Waals surface area contributed by atoms with Crippen LogP contribution in [0, 0.1) is 0 Å². The van der Waals surface area contributed by atoms with Crippen molar-refractivity contribution < 1.29 is 9.90 Å². The molecule has 4 N–H and O–H groups in total. The zero-order valence-corrected chi connectivity index (χ0v) is 8.45. The minimum Gasteiger partial charge on any atom is -0.480 e. The topological polar surface area (TPSA) is 79.1 Å². The van der Waals surface area contributed by atoms with Crippen molar-refractivity contribution in [2.24, 2.45) is 5.73 Å². The molecule has 1 atom stereocenters. The largest absolute Gasteiger partial charge is 0.480 e. The molecule has 0 spiro atoms. The molecule has 0 fully saturated rings. The summed E-state index contributed by atoms with van der Waals surface area (Å²) < 4.78 is 0. The molecular formula is C10H9ClN2O2. The molecule has 0 saturated heterocycles. The van der Waals surface area contributed by atoms with E-state index in [0.717, 1.165) is 10.9 Å². The zero-order chi connectivity index (χ0) is 11.0. The average Bonchev–Trinajstić information content (AvgIpc) is 2.56. The van der Waals surface area contributed by atoms with Crippen molar-refractivity contribution >= 4 is 28.5 Å². The van der Waals surface area contributed by atoms with Crippen LogP contribution >= 0.6 is 11.6 Å². The Hall–Kier alpha value is -1.52. The molecule has 0 saturated carbocycles. The van der Waals surface area contributed by atoms with Crippen LogP contribution in [0.2, 0.25) is 5.02 Å². The Balaban J connectivity index is 2.63. The van der Waals surface area contributed by atoms with Crippen molar-refractivity contribution in [3.63, 3.8) is 0 Å². The molecule has 78 valence electrons. The quantitative estimate of drug-likeness (QED) is 0.729. The summed E-state index contributed by atoms with van der Waals surface area (Å²) in [6.45, 7) is 0. The smallest absolute Gasteiger partial charge is 0.326 e. The Bertz CT molecular complexity index is 521. The van der Waals surface area contributed by atoms with Gasteiger partial charge in [-0.15, -0.1) is 0 Å². The summed E-state index contributed by atoms with van der Waals surface area (Å²) in [6, 6.07) is 6.18. The predicted molar refractivity (Wildman–Crippen MR) is 57.9 cm³/mol. The Kier molecular flexibility index (Phi) is 2.38. The molecule has 1 heterocycles. The number of para-hydroxylation sites is 1. The molecule has 15 heavy (non-hydrogen) atoms. The molecule has 5 heteroatoms. The maximum atomic E-state index is 10.7. The van der Waals surface area contributed by atoms with Gasteiger partial charge in [0.05, 0.1) is 10.7 Å². The Morgan fingerprint density at radius 1 is 1.47 bits per heavy atom. The summed E-state index contributed by atoms with van der Waals surface area (Å²) in [6.07, 6.45) is 0. The summed E-state index contributed by atoms with van der Waals surface area (Å²) in [5.41, 5.74) is 6.61. The number of hydrogen-bond acceptors (Lipinski definition) is 2. The molecule has 2 rings (SSSR count). The molecule has 1 unspecified atom stereocenters. The molecule has 1 aromatic carbocycles. The van der Waals surface area contributed by atoms with Gasteiger partial charge in [0, 0.05) is 10.9 Å². The Labute approximate surface area is 90.7 Å². The van der Waals surface area contributed by atoms with Gasteiger partial charge in [-0.1, -0.05) is 29.8 Å². The van der Waals surface area contributed by atoms with Gasteiger partial charge < -0.3 is 15.8 Å². The molecule has 0 radical (unpaired) electrons. The first-order chi connectivity index (χ1) is 7.11.